The Balaban J connectivity index is 2.15. The molecule has 1 unspecified atom stereocenters. The number of nitrogens with zero attached hydrogens (tertiary/aromatic N) is 2. The molecule has 0 radical (unpaired) electrons. The maximum Gasteiger partial charge on any atom is 0.293 e. The van der Waals surface area contributed by atoms with Crippen LogP contribution in [0.15, 0.2) is 24.7 Å². The molecule has 132 valence electrons. The van der Waals surface area contributed by atoms with Crippen LogP contribution in [0.2, 0.25) is 0 Å². The van der Waals surface area contributed by atoms with Gasteiger partial charge >= 0.3 is 0 Å². The minimum atomic E-state index is -0.616. The first-order valence-electron chi connectivity index (χ1n) is 8.00. The Labute approximate surface area is 149 Å². The van der Waals surface area contributed by atoms with Gasteiger partial charge in [0.25, 0.3) is 5.56 Å². The fraction of sp³-hybridized carbons (Fsp3) is 0.375. The van der Waals surface area contributed by atoms with Crippen molar-refractivity contribution >= 4 is 43.6 Å². The van der Waals surface area contributed by atoms with Gasteiger partial charge in [-0.1, -0.05) is 0 Å². The molecule has 0 bridgehead atoms. The van der Waals surface area contributed by atoms with E-state index >= 15 is 0 Å². The molecule has 0 saturated carbocycles. The number of anilines is 1. The van der Waals surface area contributed by atoms with E-state index in [1.165, 1.54) is 6.07 Å². The molecule has 1 aromatic carbocycles. The molecule has 0 spiro atoms. The Morgan fingerprint density at radius 1 is 1.48 bits per heavy atom. The van der Waals surface area contributed by atoms with E-state index in [0.29, 0.717) is 35.3 Å². The van der Waals surface area contributed by atoms with Gasteiger partial charge in [0.15, 0.2) is 5.39 Å². The van der Waals surface area contributed by atoms with Gasteiger partial charge in [0.05, 0.1) is 21.1 Å². The monoisotopic (exact) mass is 410 g/mol. The number of aromatic amines is 1. The van der Waals surface area contributed by atoms with Gasteiger partial charge in [0.2, 0.25) is 11.1 Å². The number of hydrogen-bond donors (Lipinski definition) is 2. The van der Waals surface area contributed by atoms with Gasteiger partial charge in [0, 0.05) is 25.7 Å². The van der Waals surface area contributed by atoms with Crippen LogP contribution >= 0.6 is 15.9 Å². The van der Waals surface area contributed by atoms with Gasteiger partial charge in [-0.05, 0) is 35.3 Å². The zero-order chi connectivity index (χ0) is 17.9. The van der Waals surface area contributed by atoms with E-state index in [1.54, 1.807) is 4.57 Å². The number of nitrogens with one attached hydrogen (secondary N) is 1. The molecule has 0 amide bonds. The molecule has 7 nitrogen and oxygen atoms in total. The third-order valence-electron chi connectivity index (χ3n) is 4.69. The molecule has 3 aromatic rings. The lowest BCUT2D eigenvalue weighted by Crippen LogP contribution is -2.27. The lowest BCUT2D eigenvalue weighted by Gasteiger charge is -2.22. The quantitative estimate of drug-likeness (QED) is 0.672. The van der Waals surface area contributed by atoms with E-state index < -0.39 is 16.8 Å². The first-order chi connectivity index (χ1) is 11.9. The summed E-state index contributed by atoms with van der Waals surface area (Å²) < 4.78 is 22.2. The van der Waals surface area contributed by atoms with Crippen LogP contribution in [-0.2, 0) is 6.54 Å². The second-order valence-corrected chi connectivity index (χ2v) is 6.99. The van der Waals surface area contributed by atoms with E-state index in [9.17, 15) is 14.0 Å². The molecular formula is C16H16BrFN4O3. The Bertz CT molecular complexity index is 1120. The van der Waals surface area contributed by atoms with Gasteiger partial charge < -0.3 is 19.7 Å². The first kappa shape index (κ1) is 16.3. The summed E-state index contributed by atoms with van der Waals surface area (Å²) in [7, 11) is 0. The highest BCUT2D eigenvalue weighted by Gasteiger charge is 2.28. The zero-order valence-corrected chi connectivity index (χ0v) is 15.0. The third-order valence-corrected chi connectivity index (χ3v) is 5.44. The molecule has 3 N–H and O–H groups in total. The highest BCUT2D eigenvalue weighted by molar-refractivity contribution is 9.10. The van der Waals surface area contributed by atoms with Crippen LogP contribution in [-0.4, -0.2) is 28.9 Å². The highest BCUT2D eigenvalue weighted by atomic mass is 79.9. The van der Waals surface area contributed by atoms with Crippen molar-refractivity contribution in [1.82, 2.24) is 9.72 Å². The van der Waals surface area contributed by atoms with Gasteiger partial charge in [-0.3, -0.25) is 9.59 Å². The predicted octanol–water partition coefficient (Wildman–Crippen LogP) is 1.89. The predicted molar refractivity (Wildman–Crippen MR) is 96.7 cm³/mol. The molecule has 1 fully saturated rings. The van der Waals surface area contributed by atoms with Crippen molar-refractivity contribution in [3.63, 3.8) is 0 Å². The number of rotatable bonds is 2. The number of fused-ring (bicyclic) bond motifs is 2. The highest BCUT2D eigenvalue weighted by Crippen LogP contribution is 2.37. The van der Waals surface area contributed by atoms with Crippen LogP contribution in [0.3, 0.4) is 0 Å². The lowest BCUT2D eigenvalue weighted by atomic mass is 10.1. The smallest absolute Gasteiger partial charge is 0.293 e. The number of benzene rings is 1. The molecule has 25 heavy (non-hydrogen) atoms. The Morgan fingerprint density at radius 3 is 2.88 bits per heavy atom. The molecule has 9 heteroatoms. The average Bonchev–Trinajstić information content (AvgIpc) is 3.15. The van der Waals surface area contributed by atoms with E-state index in [1.807, 2.05) is 11.8 Å². The summed E-state index contributed by atoms with van der Waals surface area (Å²) in [4.78, 5) is 26.5. The Morgan fingerprint density at radius 2 is 2.24 bits per heavy atom. The molecule has 3 heterocycles. The third kappa shape index (κ3) is 2.26. The number of H-pyrrole nitrogens is 1. The normalized spacial score (nSPS) is 17.9. The summed E-state index contributed by atoms with van der Waals surface area (Å²) in [5.41, 5.74) is 5.81. The minimum absolute atomic E-state index is 0.0134. The number of halogens is 2. The maximum absolute atomic E-state index is 14.8. The zero-order valence-electron chi connectivity index (χ0n) is 13.4. The number of pyridine rings is 1. The van der Waals surface area contributed by atoms with Crippen molar-refractivity contribution < 1.29 is 8.91 Å². The molecule has 1 saturated heterocycles. The maximum atomic E-state index is 14.8. The van der Waals surface area contributed by atoms with Gasteiger partial charge in [0.1, 0.15) is 5.82 Å². The molecule has 1 aliphatic heterocycles. The number of hydrogen-bond acceptors (Lipinski definition) is 5. The molecular weight excluding hydrogens is 395 g/mol. The van der Waals surface area contributed by atoms with Gasteiger partial charge in [-0.2, -0.15) is 5.16 Å². The lowest BCUT2D eigenvalue weighted by molar-refractivity contribution is 0.429. The summed E-state index contributed by atoms with van der Waals surface area (Å²) in [6.45, 7) is 3.48. The van der Waals surface area contributed by atoms with E-state index in [0.717, 1.165) is 6.42 Å². The second-order valence-electron chi connectivity index (χ2n) is 6.20. The number of aryl methyl sites for hydroxylation is 1. The molecule has 1 atom stereocenters. The number of aromatic nitrogens is 2. The molecule has 4 rings (SSSR count). The Kier molecular flexibility index (Phi) is 3.73. The SMILES string of the molecule is CCn1c2o[nH]c(=O)c2c(=O)c2cc(F)c(N3CCC(N)C3)c(Br)c21. The second kappa shape index (κ2) is 5.70. The summed E-state index contributed by atoms with van der Waals surface area (Å²) in [5.74, 6) is -0.521. The average molecular weight is 411 g/mol. The van der Waals surface area contributed by atoms with E-state index in [-0.39, 0.29) is 22.5 Å². The molecule has 0 aliphatic carbocycles. The van der Waals surface area contributed by atoms with Crippen molar-refractivity contribution in [2.45, 2.75) is 25.9 Å². The minimum Gasteiger partial charge on any atom is -0.367 e. The fourth-order valence-electron chi connectivity index (χ4n) is 3.54. The van der Waals surface area contributed by atoms with Crippen LogP contribution in [0.4, 0.5) is 10.1 Å². The Hall–Kier alpha value is -2.13. The van der Waals surface area contributed by atoms with Gasteiger partial charge in [-0.25, -0.2) is 4.39 Å². The van der Waals surface area contributed by atoms with Gasteiger partial charge in [-0.15, -0.1) is 0 Å². The van der Waals surface area contributed by atoms with E-state index in [4.69, 9.17) is 10.3 Å². The van der Waals surface area contributed by atoms with Crippen LogP contribution in [0, 0.1) is 5.82 Å². The summed E-state index contributed by atoms with van der Waals surface area (Å²) >= 11 is 3.47. The fourth-order valence-corrected chi connectivity index (χ4v) is 4.41. The summed E-state index contributed by atoms with van der Waals surface area (Å²) in [6.07, 6.45) is 0.774. The first-order valence-corrected chi connectivity index (χ1v) is 8.79. The van der Waals surface area contributed by atoms with Crippen molar-refractivity contribution in [1.29, 1.82) is 0 Å². The topological polar surface area (TPSA) is 97.3 Å². The van der Waals surface area contributed by atoms with Crippen molar-refractivity contribution in [2.24, 2.45) is 5.73 Å². The van der Waals surface area contributed by atoms with Crippen LogP contribution in [0.5, 0.6) is 0 Å². The van der Waals surface area contributed by atoms with Crippen molar-refractivity contribution in [3.8, 4) is 0 Å². The van der Waals surface area contributed by atoms with Crippen LogP contribution < -0.4 is 21.6 Å². The van der Waals surface area contributed by atoms with Crippen LogP contribution in [0.25, 0.3) is 22.0 Å². The largest absolute Gasteiger partial charge is 0.367 e. The summed E-state index contributed by atoms with van der Waals surface area (Å²) in [6, 6.07) is 1.18. The number of nitrogens with two attached hydrogens (primary N) is 1. The van der Waals surface area contributed by atoms with Crippen molar-refractivity contribution in [2.75, 3.05) is 18.0 Å². The van der Waals surface area contributed by atoms with E-state index in [2.05, 4.69) is 21.1 Å². The molecule has 1 aliphatic rings. The van der Waals surface area contributed by atoms with Crippen molar-refractivity contribution in [3.05, 3.63) is 36.9 Å². The summed E-state index contributed by atoms with van der Waals surface area (Å²) in [5, 5.41) is 2.23. The van der Waals surface area contributed by atoms with Crippen LogP contribution in [0.1, 0.15) is 13.3 Å². The molecule has 2 aromatic heterocycles. The standard InChI is InChI=1S/C16H16BrFN4O3/c1-2-22-12-8(14(23)10-15(24)20-25-16(10)22)5-9(18)13(11(12)17)21-4-3-7(19)6-21/h5,7H,2-4,6,19H2,1H3,(H,20,24).